The van der Waals surface area contributed by atoms with Crippen molar-refractivity contribution in [2.75, 3.05) is 0 Å². The summed E-state index contributed by atoms with van der Waals surface area (Å²) in [5.74, 6) is -0.963. The van der Waals surface area contributed by atoms with Crippen LogP contribution in [0.15, 0.2) is 48.9 Å². The minimum atomic E-state index is -0.963. The molecule has 6 nitrogen and oxygen atoms in total. The number of aromatic nitrogens is 4. The van der Waals surface area contributed by atoms with Gasteiger partial charge in [-0.2, -0.15) is 0 Å². The van der Waals surface area contributed by atoms with Gasteiger partial charge < -0.3 is 9.67 Å². The monoisotopic (exact) mass is 268 g/mol. The first-order valence-electron chi connectivity index (χ1n) is 6.02. The summed E-state index contributed by atoms with van der Waals surface area (Å²) in [5, 5.41) is 16.9. The van der Waals surface area contributed by atoms with E-state index in [1.165, 1.54) is 0 Å². The number of benzene rings is 1. The van der Waals surface area contributed by atoms with E-state index in [1.807, 2.05) is 35.2 Å². The molecule has 20 heavy (non-hydrogen) atoms. The number of aromatic carboxylic acids is 1. The quantitative estimate of drug-likeness (QED) is 0.788. The molecule has 0 atom stereocenters. The molecule has 0 saturated heterocycles. The molecule has 3 rings (SSSR count). The van der Waals surface area contributed by atoms with Gasteiger partial charge in [-0.05, 0) is 30.3 Å². The molecular formula is C14H12N4O2. The fourth-order valence-electron chi connectivity index (χ4n) is 2.09. The van der Waals surface area contributed by atoms with Crippen LogP contribution in [0.5, 0.6) is 0 Å². The van der Waals surface area contributed by atoms with Gasteiger partial charge in [-0.1, -0.05) is 5.21 Å². The van der Waals surface area contributed by atoms with Crippen LogP contribution < -0.4 is 0 Å². The molecule has 0 saturated carbocycles. The second-order valence-electron chi connectivity index (χ2n) is 4.41. The number of hydrogen-bond donors (Lipinski definition) is 1. The van der Waals surface area contributed by atoms with Crippen molar-refractivity contribution in [3.63, 3.8) is 0 Å². The van der Waals surface area contributed by atoms with Crippen molar-refractivity contribution in [2.45, 2.75) is 0 Å². The Labute approximate surface area is 114 Å². The molecule has 0 aliphatic heterocycles. The summed E-state index contributed by atoms with van der Waals surface area (Å²) in [7, 11) is 1.77. The third-order valence-corrected chi connectivity index (χ3v) is 3.08. The van der Waals surface area contributed by atoms with E-state index in [2.05, 4.69) is 10.3 Å². The Morgan fingerprint density at radius 1 is 1.20 bits per heavy atom. The summed E-state index contributed by atoms with van der Waals surface area (Å²) >= 11 is 0. The molecule has 0 aliphatic rings. The van der Waals surface area contributed by atoms with Gasteiger partial charge in [0, 0.05) is 30.7 Å². The van der Waals surface area contributed by atoms with Crippen LogP contribution in [0.25, 0.3) is 16.9 Å². The smallest absolute Gasteiger partial charge is 0.335 e. The van der Waals surface area contributed by atoms with Crippen molar-refractivity contribution in [1.29, 1.82) is 0 Å². The zero-order valence-electron chi connectivity index (χ0n) is 10.8. The Morgan fingerprint density at radius 2 is 1.95 bits per heavy atom. The van der Waals surface area contributed by atoms with E-state index in [-0.39, 0.29) is 5.56 Å². The number of aryl methyl sites for hydroxylation is 1. The molecule has 6 heteroatoms. The van der Waals surface area contributed by atoms with Crippen LogP contribution in [0.1, 0.15) is 10.4 Å². The molecule has 2 aromatic heterocycles. The van der Waals surface area contributed by atoms with Gasteiger partial charge in [-0.25, -0.2) is 9.48 Å². The highest BCUT2D eigenvalue weighted by Crippen LogP contribution is 2.23. The van der Waals surface area contributed by atoms with Gasteiger partial charge in [0.1, 0.15) is 0 Å². The summed E-state index contributed by atoms with van der Waals surface area (Å²) in [4.78, 5) is 11.3. The van der Waals surface area contributed by atoms with E-state index in [0.29, 0.717) is 0 Å². The second kappa shape index (κ2) is 4.65. The zero-order chi connectivity index (χ0) is 14.1. The van der Waals surface area contributed by atoms with Gasteiger partial charge >= 0.3 is 5.97 Å². The molecule has 0 bridgehead atoms. The van der Waals surface area contributed by atoms with Crippen LogP contribution in [0.3, 0.4) is 0 Å². The van der Waals surface area contributed by atoms with Crippen LogP contribution in [0, 0.1) is 0 Å². The molecule has 0 amide bonds. The SMILES string of the molecule is Cn1nncc1-c1cc(C(=O)O)cc(-n2cccc2)c1. The van der Waals surface area contributed by atoms with Gasteiger partial charge in [0.15, 0.2) is 0 Å². The first kappa shape index (κ1) is 12.2. The number of nitrogens with zero attached hydrogens (tertiary/aromatic N) is 4. The molecule has 100 valence electrons. The van der Waals surface area contributed by atoms with Gasteiger partial charge in [0.25, 0.3) is 0 Å². The Kier molecular flexibility index (Phi) is 2.83. The van der Waals surface area contributed by atoms with Crippen molar-refractivity contribution >= 4 is 5.97 Å². The lowest BCUT2D eigenvalue weighted by Gasteiger charge is -2.08. The molecule has 2 heterocycles. The van der Waals surface area contributed by atoms with Crippen molar-refractivity contribution in [3.05, 3.63) is 54.5 Å². The van der Waals surface area contributed by atoms with Crippen molar-refractivity contribution in [2.24, 2.45) is 7.05 Å². The highest BCUT2D eigenvalue weighted by molar-refractivity contribution is 5.90. The fourth-order valence-corrected chi connectivity index (χ4v) is 2.09. The third kappa shape index (κ3) is 2.07. The maximum absolute atomic E-state index is 11.3. The normalized spacial score (nSPS) is 10.7. The Hall–Kier alpha value is -2.89. The van der Waals surface area contributed by atoms with E-state index in [4.69, 9.17) is 0 Å². The first-order valence-corrected chi connectivity index (χ1v) is 6.02. The minimum Gasteiger partial charge on any atom is -0.478 e. The highest BCUT2D eigenvalue weighted by atomic mass is 16.4. The predicted molar refractivity (Wildman–Crippen MR) is 72.7 cm³/mol. The summed E-state index contributed by atoms with van der Waals surface area (Å²) in [5.41, 5.74) is 2.54. The zero-order valence-corrected chi connectivity index (χ0v) is 10.8. The van der Waals surface area contributed by atoms with Crippen LogP contribution in [0.4, 0.5) is 0 Å². The number of carboxylic acid groups (broad SMARTS) is 1. The topological polar surface area (TPSA) is 72.9 Å². The van der Waals surface area contributed by atoms with Crippen LogP contribution in [-0.4, -0.2) is 30.6 Å². The molecule has 0 radical (unpaired) electrons. The average Bonchev–Trinajstić information content (AvgIpc) is 3.09. The van der Waals surface area contributed by atoms with E-state index in [9.17, 15) is 9.90 Å². The van der Waals surface area contributed by atoms with Gasteiger partial charge in [0.2, 0.25) is 0 Å². The summed E-state index contributed by atoms with van der Waals surface area (Å²) in [6, 6.07) is 8.94. The van der Waals surface area contributed by atoms with Crippen molar-refractivity contribution in [1.82, 2.24) is 19.6 Å². The molecule has 0 fully saturated rings. The predicted octanol–water partition coefficient (Wildman–Crippen LogP) is 1.97. The highest BCUT2D eigenvalue weighted by Gasteiger charge is 2.11. The van der Waals surface area contributed by atoms with Crippen molar-refractivity contribution < 1.29 is 9.90 Å². The van der Waals surface area contributed by atoms with Gasteiger partial charge in [-0.15, -0.1) is 5.10 Å². The average molecular weight is 268 g/mol. The largest absolute Gasteiger partial charge is 0.478 e. The lowest BCUT2D eigenvalue weighted by Crippen LogP contribution is -2.01. The third-order valence-electron chi connectivity index (χ3n) is 3.08. The Morgan fingerprint density at radius 3 is 2.55 bits per heavy atom. The van der Waals surface area contributed by atoms with E-state index in [0.717, 1.165) is 16.9 Å². The maximum atomic E-state index is 11.3. The first-order chi connectivity index (χ1) is 9.65. The standard InChI is InChI=1S/C14H12N4O2/c1-17-13(9-15-16-17)10-6-11(14(19)20)8-12(7-10)18-4-2-3-5-18/h2-9H,1H3,(H,19,20). The van der Waals surface area contributed by atoms with Gasteiger partial charge in [-0.3, -0.25) is 0 Å². The summed E-state index contributed by atoms with van der Waals surface area (Å²) in [6.45, 7) is 0. The molecule has 1 N–H and O–H groups in total. The van der Waals surface area contributed by atoms with Crippen LogP contribution in [0.2, 0.25) is 0 Å². The molecule has 0 aliphatic carbocycles. The summed E-state index contributed by atoms with van der Waals surface area (Å²) in [6.07, 6.45) is 5.35. The number of rotatable bonds is 3. The van der Waals surface area contributed by atoms with Crippen molar-refractivity contribution in [3.8, 4) is 16.9 Å². The molecule has 0 unspecified atom stereocenters. The van der Waals surface area contributed by atoms with Crippen LogP contribution in [-0.2, 0) is 7.05 Å². The fraction of sp³-hybridized carbons (Fsp3) is 0.0714. The lowest BCUT2D eigenvalue weighted by molar-refractivity contribution is 0.0697. The molecule has 0 spiro atoms. The number of hydrogen-bond acceptors (Lipinski definition) is 3. The summed E-state index contributed by atoms with van der Waals surface area (Å²) < 4.78 is 3.47. The van der Waals surface area contributed by atoms with E-state index >= 15 is 0 Å². The number of carbonyl (C=O) groups is 1. The van der Waals surface area contributed by atoms with E-state index in [1.54, 1.807) is 30.1 Å². The molecule has 1 aromatic carbocycles. The van der Waals surface area contributed by atoms with Crippen LogP contribution >= 0.6 is 0 Å². The maximum Gasteiger partial charge on any atom is 0.335 e. The number of carboxylic acids is 1. The minimum absolute atomic E-state index is 0.229. The second-order valence-corrected chi connectivity index (χ2v) is 4.41. The molecular weight excluding hydrogens is 256 g/mol. The Bertz CT molecular complexity index is 759. The lowest BCUT2D eigenvalue weighted by atomic mass is 10.1. The van der Waals surface area contributed by atoms with E-state index < -0.39 is 5.97 Å². The molecule has 3 aromatic rings. The Balaban J connectivity index is 2.20. The van der Waals surface area contributed by atoms with Gasteiger partial charge in [0.05, 0.1) is 17.5 Å².